The van der Waals surface area contributed by atoms with Crippen LogP contribution in [0.2, 0.25) is 0 Å². The molecule has 0 bridgehead atoms. The summed E-state index contributed by atoms with van der Waals surface area (Å²) in [5.41, 5.74) is 2.81. The maximum absolute atomic E-state index is 10.5. The van der Waals surface area contributed by atoms with Gasteiger partial charge in [0, 0.05) is 6.20 Å². The molecule has 4 nitrogen and oxygen atoms in total. The lowest BCUT2D eigenvalue weighted by Crippen LogP contribution is -2.21. The molecule has 0 spiro atoms. The SMILES string of the molecule is CC1(C)CCc2nn(CCC(=O)O)cc2C1. The number of carboxylic acid groups (broad SMARTS) is 1. The van der Waals surface area contributed by atoms with Gasteiger partial charge in [0.2, 0.25) is 0 Å². The molecule has 0 atom stereocenters. The van der Waals surface area contributed by atoms with Crippen LogP contribution in [0.25, 0.3) is 0 Å². The molecular formula is C12H18N2O2. The molecule has 2 rings (SSSR count). The topological polar surface area (TPSA) is 55.1 Å². The lowest BCUT2D eigenvalue weighted by atomic mass is 9.77. The van der Waals surface area contributed by atoms with E-state index in [9.17, 15) is 4.79 Å². The fourth-order valence-electron chi connectivity index (χ4n) is 2.25. The third kappa shape index (κ3) is 2.43. The van der Waals surface area contributed by atoms with Gasteiger partial charge < -0.3 is 5.11 Å². The molecule has 1 N–H and O–H groups in total. The van der Waals surface area contributed by atoms with Gasteiger partial charge in [-0.3, -0.25) is 9.48 Å². The monoisotopic (exact) mass is 222 g/mol. The average Bonchev–Trinajstić information content (AvgIpc) is 2.55. The number of aryl methyl sites for hydroxylation is 2. The lowest BCUT2D eigenvalue weighted by molar-refractivity contribution is -0.137. The van der Waals surface area contributed by atoms with Gasteiger partial charge in [-0.2, -0.15) is 5.10 Å². The first kappa shape index (κ1) is 11.2. The van der Waals surface area contributed by atoms with E-state index in [0.717, 1.165) is 25.0 Å². The number of aliphatic carboxylic acids is 1. The molecule has 0 unspecified atom stereocenters. The third-order valence-electron chi connectivity index (χ3n) is 3.19. The van der Waals surface area contributed by atoms with Gasteiger partial charge in [0.05, 0.1) is 18.7 Å². The molecule has 0 aromatic carbocycles. The highest BCUT2D eigenvalue weighted by Crippen LogP contribution is 2.33. The third-order valence-corrected chi connectivity index (χ3v) is 3.19. The van der Waals surface area contributed by atoms with E-state index in [1.807, 2.05) is 6.20 Å². The van der Waals surface area contributed by atoms with Crippen molar-refractivity contribution in [2.24, 2.45) is 5.41 Å². The molecule has 0 saturated carbocycles. The van der Waals surface area contributed by atoms with E-state index >= 15 is 0 Å². The van der Waals surface area contributed by atoms with E-state index < -0.39 is 5.97 Å². The van der Waals surface area contributed by atoms with Crippen molar-refractivity contribution >= 4 is 5.97 Å². The second-order valence-electron chi connectivity index (χ2n) is 5.35. The number of carboxylic acids is 1. The van der Waals surface area contributed by atoms with Crippen LogP contribution in [-0.2, 0) is 24.2 Å². The Bertz CT molecular complexity index is 407. The summed E-state index contributed by atoms with van der Waals surface area (Å²) in [6.45, 7) is 5.01. The van der Waals surface area contributed by atoms with Gasteiger partial charge in [0.1, 0.15) is 0 Å². The highest BCUT2D eigenvalue weighted by Gasteiger charge is 2.27. The Kier molecular flexibility index (Phi) is 2.74. The van der Waals surface area contributed by atoms with Gasteiger partial charge >= 0.3 is 5.97 Å². The molecule has 1 aromatic heterocycles. The smallest absolute Gasteiger partial charge is 0.305 e. The van der Waals surface area contributed by atoms with Crippen LogP contribution >= 0.6 is 0 Å². The molecule has 1 aliphatic carbocycles. The molecule has 0 aliphatic heterocycles. The van der Waals surface area contributed by atoms with E-state index in [-0.39, 0.29) is 6.42 Å². The van der Waals surface area contributed by atoms with E-state index in [2.05, 4.69) is 18.9 Å². The van der Waals surface area contributed by atoms with Crippen molar-refractivity contribution < 1.29 is 9.90 Å². The minimum Gasteiger partial charge on any atom is -0.481 e. The average molecular weight is 222 g/mol. The van der Waals surface area contributed by atoms with Crippen molar-refractivity contribution in [1.29, 1.82) is 0 Å². The molecule has 1 aromatic rings. The molecule has 0 radical (unpaired) electrons. The number of nitrogens with zero attached hydrogens (tertiary/aromatic N) is 2. The Labute approximate surface area is 95.3 Å². The van der Waals surface area contributed by atoms with Crippen LogP contribution in [0.15, 0.2) is 6.20 Å². The van der Waals surface area contributed by atoms with Crippen LogP contribution in [0.5, 0.6) is 0 Å². The molecule has 4 heteroatoms. The van der Waals surface area contributed by atoms with Crippen LogP contribution in [-0.4, -0.2) is 20.9 Å². The molecule has 0 saturated heterocycles. The second kappa shape index (κ2) is 3.92. The van der Waals surface area contributed by atoms with Gasteiger partial charge in [0.15, 0.2) is 0 Å². The fourth-order valence-corrected chi connectivity index (χ4v) is 2.25. The predicted octanol–water partition coefficient (Wildman–Crippen LogP) is 1.87. The molecule has 88 valence electrons. The van der Waals surface area contributed by atoms with Crippen LogP contribution in [0.1, 0.15) is 37.9 Å². The van der Waals surface area contributed by atoms with Crippen molar-refractivity contribution in [3.8, 4) is 0 Å². The van der Waals surface area contributed by atoms with Gasteiger partial charge in [-0.15, -0.1) is 0 Å². The van der Waals surface area contributed by atoms with Crippen molar-refractivity contribution in [3.05, 3.63) is 17.5 Å². The first-order valence-electron chi connectivity index (χ1n) is 5.73. The summed E-state index contributed by atoms with van der Waals surface area (Å²) in [6, 6.07) is 0. The normalized spacial score (nSPS) is 18.1. The molecule has 1 heterocycles. The van der Waals surface area contributed by atoms with Crippen LogP contribution in [0.4, 0.5) is 0 Å². The van der Waals surface area contributed by atoms with Crippen molar-refractivity contribution in [2.45, 2.75) is 46.1 Å². The van der Waals surface area contributed by atoms with E-state index in [4.69, 9.17) is 5.11 Å². The van der Waals surface area contributed by atoms with Crippen LogP contribution in [0, 0.1) is 5.41 Å². The summed E-state index contributed by atoms with van der Waals surface area (Å²) in [4.78, 5) is 10.5. The maximum atomic E-state index is 10.5. The Balaban J connectivity index is 2.09. The van der Waals surface area contributed by atoms with Gasteiger partial charge in [-0.1, -0.05) is 13.8 Å². The summed E-state index contributed by atoms with van der Waals surface area (Å²) >= 11 is 0. The maximum Gasteiger partial charge on any atom is 0.305 e. The molecular weight excluding hydrogens is 204 g/mol. The Morgan fingerprint density at radius 1 is 1.62 bits per heavy atom. The summed E-state index contributed by atoms with van der Waals surface area (Å²) in [7, 11) is 0. The zero-order valence-corrected chi connectivity index (χ0v) is 9.86. The summed E-state index contributed by atoms with van der Waals surface area (Å²) in [5, 5.41) is 13.1. The quantitative estimate of drug-likeness (QED) is 0.849. The standard InChI is InChI=1S/C12H18N2O2/c1-12(2)5-3-10-9(7-12)8-14(13-10)6-4-11(15)16/h8H,3-7H2,1-2H3,(H,15,16). The largest absolute Gasteiger partial charge is 0.481 e. The summed E-state index contributed by atoms with van der Waals surface area (Å²) < 4.78 is 1.78. The zero-order chi connectivity index (χ0) is 11.8. The van der Waals surface area contributed by atoms with Crippen LogP contribution < -0.4 is 0 Å². The summed E-state index contributed by atoms with van der Waals surface area (Å²) in [6.07, 6.45) is 5.39. The minimum absolute atomic E-state index is 0.143. The Hall–Kier alpha value is -1.32. The van der Waals surface area contributed by atoms with E-state index in [1.54, 1.807) is 4.68 Å². The first-order valence-corrected chi connectivity index (χ1v) is 5.73. The van der Waals surface area contributed by atoms with E-state index in [0.29, 0.717) is 12.0 Å². The lowest BCUT2D eigenvalue weighted by Gasteiger charge is -2.28. The predicted molar refractivity (Wildman–Crippen MR) is 60.3 cm³/mol. The zero-order valence-electron chi connectivity index (χ0n) is 9.86. The fraction of sp³-hybridized carbons (Fsp3) is 0.667. The minimum atomic E-state index is -0.770. The van der Waals surface area contributed by atoms with Gasteiger partial charge in [0.25, 0.3) is 0 Å². The number of hydrogen-bond acceptors (Lipinski definition) is 2. The molecule has 0 fully saturated rings. The Morgan fingerprint density at radius 2 is 2.38 bits per heavy atom. The number of carbonyl (C=O) groups is 1. The van der Waals surface area contributed by atoms with Crippen molar-refractivity contribution in [2.75, 3.05) is 0 Å². The van der Waals surface area contributed by atoms with Crippen LogP contribution in [0.3, 0.4) is 0 Å². The number of hydrogen-bond donors (Lipinski definition) is 1. The number of fused-ring (bicyclic) bond motifs is 1. The summed E-state index contributed by atoms with van der Waals surface area (Å²) in [5.74, 6) is -0.770. The number of rotatable bonds is 3. The number of aromatic nitrogens is 2. The highest BCUT2D eigenvalue weighted by molar-refractivity contribution is 5.66. The van der Waals surface area contributed by atoms with E-state index in [1.165, 1.54) is 5.56 Å². The van der Waals surface area contributed by atoms with Crippen molar-refractivity contribution in [1.82, 2.24) is 9.78 Å². The first-order chi connectivity index (χ1) is 7.46. The molecule has 0 amide bonds. The van der Waals surface area contributed by atoms with Crippen molar-refractivity contribution in [3.63, 3.8) is 0 Å². The second-order valence-corrected chi connectivity index (χ2v) is 5.35. The molecule has 1 aliphatic rings. The molecule has 16 heavy (non-hydrogen) atoms. The Morgan fingerprint density at radius 3 is 3.06 bits per heavy atom. The van der Waals surface area contributed by atoms with Gasteiger partial charge in [-0.05, 0) is 30.2 Å². The highest BCUT2D eigenvalue weighted by atomic mass is 16.4. The van der Waals surface area contributed by atoms with Gasteiger partial charge in [-0.25, -0.2) is 0 Å².